The third-order valence-electron chi connectivity index (χ3n) is 2.50. The zero-order chi connectivity index (χ0) is 13.0. The maximum absolute atomic E-state index is 11.7. The number of rotatable bonds is 4. The Bertz CT molecular complexity index is 515. The molecule has 0 aliphatic rings. The van der Waals surface area contributed by atoms with Crippen molar-refractivity contribution in [1.29, 1.82) is 0 Å². The van der Waals surface area contributed by atoms with Crippen molar-refractivity contribution in [3.63, 3.8) is 0 Å². The normalized spacial score (nSPS) is 11.6. The van der Waals surface area contributed by atoms with Crippen LogP contribution in [-0.2, 0) is 11.3 Å². The van der Waals surface area contributed by atoms with Crippen LogP contribution in [0, 0.1) is 13.8 Å². The van der Waals surface area contributed by atoms with Crippen molar-refractivity contribution >= 4 is 5.97 Å². The van der Waals surface area contributed by atoms with E-state index in [0.717, 1.165) is 0 Å². The summed E-state index contributed by atoms with van der Waals surface area (Å²) < 4.78 is 1.45. The fourth-order valence-electron chi connectivity index (χ4n) is 1.57. The monoisotopic (exact) mass is 236 g/mol. The van der Waals surface area contributed by atoms with Gasteiger partial charge in [0, 0.05) is 23.9 Å². The van der Waals surface area contributed by atoms with Crippen molar-refractivity contribution in [1.82, 2.24) is 9.55 Å². The van der Waals surface area contributed by atoms with E-state index < -0.39 is 5.97 Å². The van der Waals surface area contributed by atoms with Crippen LogP contribution in [0.5, 0.6) is 0 Å². The van der Waals surface area contributed by atoms with E-state index >= 15 is 0 Å². The van der Waals surface area contributed by atoms with E-state index in [1.807, 2.05) is 0 Å². The predicted octanol–water partition coefficient (Wildman–Crippen LogP) is 1.28. The van der Waals surface area contributed by atoms with Crippen LogP contribution in [-0.4, -0.2) is 20.6 Å². The molecule has 92 valence electrons. The number of carboxylic acids is 1. The second-order valence-electron chi connectivity index (χ2n) is 3.78. The Labute approximate surface area is 99.4 Å². The lowest BCUT2D eigenvalue weighted by atomic mass is 10.2. The maximum atomic E-state index is 11.7. The molecule has 1 rings (SSSR count). The Balaban J connectivity index is 3.05. The molecule has 0 atom stereocenters. The van der Waals surface area contributed by atoms with Gasteiger partial charge in [0.1, 0.15) is 5.82 Å². The van der Waals surface area contributed by atoms with Gasteiger partial charge >= 0.3 is 5.97 Å². The van der Waals surface area contributed by atoms with Crippen LogP contribution in [0.2, 0.25) is 0 Å². The highest BCUT2D eigenvalue weighted by molar-refractivity contribution is 5.86. The topological polar surface area (TPSA) is 72.2 Å². The lowest BCUT2D eigenvalue weighted by molar-refractivity contribution is -0.132. The van der Waals surface area contributed by atoms with Gasteiger partial charge in [0.05, 0.1) is 0 Å². The molecule has 0 aliphatic heterocycles. The quantitative estimate of drug-likeness (QED) is 0.799. The van der Waals surface area contributed by atoms with Gasteiger partial charge in [-0.15, -0.1) is 0 Å². The number of aromatic nitrogens is 2. The Hall–Kier alpha value is -1.91. The van der Waals surface area contributed by atoms with Gasteiger partial charge in [-0.2, -0.15) is 0 Å². The molecule has 1 heterocycles. The molecule has 17 heavy (non-hydrogen) atoms. The number of carbonyl (C=O) groups is 1. The van der Waals surface area contributed by atoms with E-state index in [-0.39, 0.29) is 12.1 Å². The van der Waals surface area contributed by atoms with Crippen LogP contribution >= 0.6 is 0 Å². The van der Waals surface area contributed by atoms with Gasteiger partial charge in [0.2, 0.25) is 0 Å². The second kappa shape index (κ2) is 5.43. The molecule has 1 aromatic heterocycles. The third kappa shape index (κ3) is 3.27. The summed E-state index contributed by atoms with van der Waals surface area (Å²) in [6.45, 7) is 5.49. The summed E-state index contributed by atoms with van der Waals surface area (Å²) in [5, 5.41) is 8.86. The standard InChI is InChI=1S/C12H16N2O3/c1-4-10(12(16)17)5-6-14-9(3)13-8(2)7-11(14)15/h5,7H,4,6H2,1-3H3,(H,16,17). The summed E-state index contributed by atoms with van der Waals surface area (Å²) in [6, 6.07) is 1.44. The highest BCUT2D eigenvalue weighted by Gasteiger charge is 2.05. The lowest BCUT2D eigenvalue weighted by Crippen LogP contribution is -2.23. The van der Waals surface area contributed by atoms with Gasteiger partial charge in [0.25, 0.3) is 5.56 Å². The number of aliphatic carboxylic acids is 1. The molecule has 0 aromatic carbocycles. The minimum atomic E-state index is -0.946. The Morgan fingerprint density at radius 2 is 2.18 bits per heavy atom. The number of aryl methyl sites for hydroxylation is 2. The van der Waals surface area contributed by atoms with Crippen LogP contribution < -0.4 is 5.56 Å². The van der Waals surface area contributed by atoms with Gasteiger partial charge in [-0.3, -0.25) is 9.36 Å². The number of nitrogens with zero attached hydrogens (tertiary/aromatic N) is 2. The summed E-state index contributed by atoms with van der Waals surface area (Å²) in [7, 11) is 0. The first-order valence-corrected chi connectivity index (χ1v) is 5.43. The molecule has 0 radical (unpaired) electrons. The van der Waals surface area contributed by atoms with Crippen molar-refractivity contribution in [3.8, 4) is 0 Å². The van der Waals surface area contributed by atoms with E-state index in [0.29, 0.717) is 23.5 Å². The molecule has 0 saturated carbocycles. The Morgan fingerprint density at radius 3 is 2.65 bits per heavy atom. The fraction of sp³-hybridized carbons (Fsp3) is 0.417. The van der Waals surface area contributed by atoms with E-state index in [1.54, 1.807) is 26.8 Å². The average molecular weight is 236 g/mol. The molecule has 0 bridgehead atoms. The average Bonchev–Trinajstić information content (AvgIpc) is 2.21. The van der Waals surface area contributed by atoms with Crippen LogP contribution in [0.4, 0.5) is 0 Å². The van der Waals surface area contributed by atoms with Gasteiger partial charge in [0.15, 0.2) is 0 Å². The van der Waals surface area contributed by atoms with Gasteiger partial charge in [-0.05, 0) is 20.3 Å². The Morgan fingerprint density at radius 1 is 1.53 bits per heavy atom. The number of hydrogen-bond acceptors (Lipinski definition) is 3. The molecule has 0 saturated heterocycles. The van der Waals surface area contributed by atoms with Gasteiger partial charge in [-0.25, -0.2) is 9.78 Å². The van der Waals surface area contributed by atoms with Crippen molar-refractivity contribution in [2.24, 2.45) is 0 Å². The van der Waals surface area contributed by atoms with Crippen LogP contribution in [0.25, 0.3) is 0 Å². The smallest absolute Gasteiger partial charge is 0.331 e. The highest BCUT2D eigenvalue weighted by atomic mass is 16.4. The number of allylic oxidation sites excluding steroid dienone is 1. The summed E-state index contributed by atoms with van der Waals surface area (Å²) in [6.07, 6.45) is 1.98. The zero-order valence-corrected chi connectivity index (χ0v) is 10.2. The first kappa shape index (κ1) is 13.2. The molecule has 5 nitrogen and oxygen atoms in total. The largest absolute Gasteiger partial charge is 0.478 e. The molecule has 0 spiro atoms. The summed E-state index contributed by atoms with van der Waals surface area (Å²) >= 11 is 0. The summed E-state index contributed by atoms with van der Waals surface area (Å²) in [5.41, 5.74) is 0.811. The maximum Gasteiger partial charge on any atom is 0.331 e. The molecular formula is C12H16N2O3. The molecule has 0 fully saturated rings. The van der Waals surface area contributed by atoms with Gasteiger partial charge in [-0.1, -0.05) is 13.0 Å². The summed E-state index contributed by atoms with van der Waals surface area (Å²) in [4.78, 5) is 26.7. The predicted molar refractivity (Wildman–Crippen MR) is 64.0 cm³/mol. The van der Waals surface area contributed by atoms with Gasteiger partial charge < -0.3 is 5.11 Å². The molecule has 1 N–H and O–H groups in total. The molecular weight excluding hydrogens is 220 g/mol. The lowest BCUT2D eigenvalue weighted by Gasteiger charge is -2.07. The molecule has 0 unspecified atom stereocenters. The number of hydrogen-bond donors (Lipinski definition) is 1. The fourth-order valence-corrected chi connectivity index (χ4v) is 1.57. The molecule has 1 aromatic rings. The van der Waals surface area contributed by atoms with Crippen LogP contribution in [0.1, 0.15) is 24.9 Å². The van der Waals surface area contributed by atoms with Crippen molar-refractivity contribution < 1.29 is 9.90 Å². The van der Waals surface area contributed by atoms with E-state index in [4.69, 9.17) is 5.11 Å². The van der Waals surface area contributed by atoms with Crippen molar-refractivity contribution in [2.45, 2.75) is 33.7 Å². The molecule has 5 heteroatoms. The molecule has 0 aliphatic carbocycles. The minimum absolute atomic E-state index is 0.160. The SMILES string of the molecule is CCC(=CCn1c(C)nc(C)cc1=O)C(=O)O. The first-order chi connectivity index (χ1) is 7.95. The van der Waals surface area contributed by atoms with Crippen LogP contribution in [0.15, 0.2) is 22.5 Å². The van der Waals surface area contributed by atoms with E-state index in [9.17, 15) is 9.59 Å². The van der Waals surface area contributed by atoms with E-state index in [1.165, 1.54) is 10.6 Å². The molecule has 0 amide bonds. The first-order valence-electron chi connectivity index (χ1n) is 5.43. The zero-order valence-electron chi connectivity index (χ0n) is 10.2. The highest BCUT2D eigenvalue weighted by Crippen LogP contribution is 2.02. The minimum Gasteiger partial charge on any atom is -0.478 e. The van der Waals surface area contributed by atoms with Crippen molar-refractivity contribution in [2.75, 3.05) is 0 Å². The second-order valence-corrected chi connectivity index (χ2v) is 3.78. The van der Waals surface area contributed by atoms with Crippen LogP contribution in [0.3, 0.4) is 0 Å². The third-order valence-corrected chi connectivity index (χ3v) is 2.50. The summed E-state index contributed by atoms with van der Waals surface area (Å²) in [5.74, 6) is -0.356. The van der Waals surface area contributed by atoms with E-state index in [2.05, 4.69) is 4.98 Å². The van der Waals surface area contributed by atoms with Crippen molar-refractivity contribution in [3.05, 3.63) is 39.6 Å². The number of carboxylic acid groups (broad SMARTS) is 1. The Kier molecular flexibility index (Phi) is 4.20.